The highest BCUT2D eigenvalue weighted by Gasteiger charge is 2.20. The van der Waals surface area contributed by atoms with Gasteiger partial charge in [0.05, 0.1) is 5.69 Å². The molecule has 0 amide bonds. The van der Waals surface area contributed by atoms with Crippen molar-refractivity contribution in [2.75, 3.05) is 36.0 Å². The fraction of sp³-hybridized carbons (Fsp3) is 0.333. The van der Waals surface area contributed by atoms with Crippen LogP contribution in [0.1, 0.15) is 5.56 Å². The van der Waals surface area contributed by atoms with E-state index >= 15 is 0 Å². The van der Waals surface area contributed by atoms with Crippen molar-refractivity contribution >= 4 is 23.2 Å². The molecule has 6 heteroatoms. The first kappa shape index (κ1) is 14.1. The summed E-state index contributed by atoms with van der Waals surface area (Å²) >= 11 is 5.72. The molecule has 0 unspecified atom stereocenters. The van der Waals surface area contributed by atoms with Crippen molar-refractivity contribution in [3.8, 4) is 0 Å². The van der Waals surface area contributed by atoms with E-state index in [1.807, 2.05) is 17.0 Å². The van der Waals surface area contributed by atoms with Crippen LogP contribution < -0.4 is 9.80 Å². The van der Waals surface area contributed by atoms with Gasteiger partial charge in [-0.15, -0.1) is 11.6 Å². The number of piperazine rings is 1. The summed E-state index contributed by atoms with van der Waals surface area (Å²) in [5.74, 6) is 0.851. The number of benzene rings is 1. The number of hydrogen-bond acceptors (Lipinski definition) is 4. The number of hydrogen-bond donors (Lipinski definition) is 0. The molecule has 4 nitrogen and oxygen atoms in total. The second-order valence-corrected chi connectivity index (χ2v) is 5.21. The zero-order valence-electron chi connectivity index (χ0n) is 11.5. The van der Waals surface area contributed by atoms with Gasteiger partial charge < -0.3 is 9.80 Å². The molecule has 1 aliphatic rings. The third kappa shape index (κ3) is 3.08. The lowest BCUT2D eigenvalue weighted by Crippen LogP contribution is -2.47. The molecule has 1 saturated heterocycles. The average molecular weight is 307 g/mol. The largest absolute Gasteiger partial charge is 0.366 e. The molecular weight excluding hydrogens is 291 g/mol. The number of anilines is 2. The zero-order valence-corrected chi connectivity index (χ0v) is 12.3. The summed E-state index contributed by atoms with van der Waals surface area (Å²) < 4.78 is 14.1. The summed E-state index contributed by atoms with van der Waals surface area (Å²) in [7, 11) is 0. The van der Waals surface area contributed by atoms with Crippen LogP contribution in [0.15, 0.2) is 36.7 Å². The highest BCUT2D eigenvalue weighted by atomic mass is 35.5. The molecule has 21 heavy (non-hydrogen) atoms. The Morgan fingerprint density at radius 3 is 2.33 bits per heavy atom. The normalized spacial score (nSPS) is 15.3. The number of rotatable bonds is 3. The highest BCUT2D eigenvalue weighted by molar-refractivity contribution is 6.17. The Morgan fingerprint density at radius 2 is 1.71 bits per heavy atom. The molecular formula is C15H16ClFN4. The highest BCUT2D eigenvalue weighted by Crippen LogP contribution is 2.23. The Bertz CT molecular complexity index is 600. The molecule has 0 atom stereocenters. The first-order chi connectivity index (χ1) is 10.3. The smallest absolute Gasteiger partial charge is 0.225 e. The van der Waals surface area contributed by atoms with Crippen LogP contribution in [0.5, 0.6) is 0 Å². The van der Waals surface area contributed by atoms with E-state index in [-0.39, 0.29) is 5.82 Å². The summed E-state index contributed by atoms with van der Waals surface area (Å²) in [6, 6.07) is 6.99. The number of nitrogens with zero attached hydrogens (tertiary/aromatic N) is 4. The van der Waals surface area contributed by atoms with Gasteiger partial charge in [-0.1, -0.05) is 6.07 Å². The second-order valence-electron chi connectivity index (χ2n) is 4.94. The van der Waals surface area contributed by atoms with Crippen LogP contribution in [0.4, 0.5) is 16.0 Å². The van der Waals surface area contributed by atoms with Crippen LogP contribution in [-0.4, -0.2) is 36.1 Å². The van der Waals surface area contributed by atoms with Crippen LogP contribution in [-0.2, 0) is 5.88 Å². The van der Waals surface area contributed by atoms with E-state index in [4.69, 9.17) is 11.6 Å². The fourth-order valence-electron chi connectivity index (χ4n) is 2.49. The van der Waals surface area contributed by atoms with Gasteiger partial charge in [0.25, 0.3) is 0 Å². The molecule has 1 aromatic carbocycles. The maximum atomic E-state index is 14.1. The molecule has 0 aliphatic carbocycles. The predicted octanol–water partition coefficient (Wildman–Crippen LogP) is 2.68. The summed E-state index contributed by atoms with van der Waals surface area (Å²) in [6.45, 7) is 3.05. The standard InChI is InChI=1S/C15H16ClFN4/c16-11-12-2-3-14(13(17)10-12)20-6-8-21(9-7-20)15-18-4-1-5-19-15/h1-5,10H,6-9,11H2. The molecule has 0 radical (unpaired) electrons. The lowest BCUT2D eigenvalue weighted by molar-refractivity contribution is 0.593. The van der Waals surface area contributed by atoms with Crippen molar-refractivity contribution in [3.63, 3.8) is 0 Å². The third-order valence-electron chi connectivity index (χ3n) is 3.62. The predicted molar refractivity (Wildman–Crippen MR) is 82.4 cm³/mol. The molecule has 1 aromatic heterocycles. The van der Waals surface area contributed by atoms with Gasteiger partial charge in [-0.3, -0.25) is 0 Å². The lowest BCUT2D eigenvalue weighted by Gasteiger charge is -2.36. The first-order valence-corrected chi connectivity index (χ1v) is 7.42. The number of aromatic nitrogens is 2. The Labute approximate surface area is 128 Å². The van der Waals surface area contributed by atoms with Crippen molar-refractivity contribution in [2.24, 2.45) is 0 Å². The maximum Gasteiger partial charge on any atom is 0.225 e. The molecule has 1 aliphatic heterocycles. The molecule has 110 valence electrons. The van der Waals surface area contributed by atoms with Crippen molar-refractivity contribution in [3.05, 3.63) is 48.0 Å². The van der Waals surface area contributed by atoms with Gasteiger partial charge in [-0.05, 0) is 23.8 Å². The van der Waals surface area contributed by atoms with E-state index in [1.165, 1.54) is 6.07 Å². The van der Waals surface area contributed by atoms with Crippen LogP contribution in [0.25, 0.3) is 0 Å². The molecule has 2 heterocycles. The maximum absolute atomic E-state index is 14.1. The zero-order chi connectivity index (χ0) is 14.7. The Morgan fingerprint density at radius 1 is 1.05 bits per heavy atom. The number of alkyl halides is 1. The molecule has 2 aromatic rings. The molecule has 1 fully saturated rings. The number of halogens is 2. The first-order valence-electron chi connectivity index (χ1n) is 6.89. The van der Waals surface area contributed by atoms with Gasteiger partial charge in [0.15, 0.2) is 0 Å². The molecule has 0 bridgehead atoms. The van der Waals surface area contributed by atoms with Gasteiger partial charge in [-0.2, -0.15) is 0 Å². The van der Waals surface area contributed by atoms with E-state index in [9.17, 15) is 4.39 Å². The molecule has 3 rings (SSSR count). The van der Waals surface area contributed by atoms with E-state index in [2.05, 4.69) is 14.9 Å². The van der Waals surface area contributed by atoms with E-state index in [1.54, 1.807) is 18.5 Å². The van der Waals surface area contributed by atoms with Gasteiger partial charge >= 0.3 is 0 Å². The van der Waals surface area contributed by atoms with Gasteiger partial charge in [-0.25, -0.2) is 14.4 Å². The summed E-state index contributed by atoms with van der Waals surface area (Å²) in [5.41, 5.74) is 1.44. The van der Waals surface area contributed by atoms with E-state index < -0.39 is 0 Å². The fourth-order valence-corrected chi connectivity index (χ4v) is 2.66. The minimum atomic E-state index is -0.211. The minimum Gasteiger partial charge on any atom is -0.366 e. The van der Waals surface area contributed by atoms with E-state index in [0.717, 1.165) is 37.7 Å². The Kier molecular flexibility index (Phi) is 4.20. The van der Waals surface area contributed by atoms with Gasteiger partial charge in [0.1, 0.15) is 5.82 Å². The molecule has 0 saturated carbocycles. The SMILES string of the molecule is Fc1cc(CCl)ccc1N1CCN(c2ncccn2)CC1. The third-order valence-corrected chi connectivity index (χ3v) is 3.93. The monoisotopic (exact) mass is 306 g/mol. The van der Waals surface area contributed by atoms with Crippen molar-refractivity contribution in [2.45, 2.75) is 5.88 Å². The molecule has 0 N–H and O–H groups in total. The van der Waals surface area contributed by atoms with Crippen LogP contribution >= 0.6 is 11.6 Å². The Balaban J connectivity index is 1.68. The summed E-state index contributed by atoms with van der Waals surface area (Å²) in [6.07, 6.45) is 3.47. The van der Waals surface area contributed by atoms with Gasteiger partial charge in [0.2, 0.25) is 5.95 Å². The van der Waals surface area contributed by atoms with Crippen molar-refractivity contribution in [1.82, 2.24) is 9.97 Å². The van der Waals surface area contributed by atoms with Crippen molar-refractivity contribution < 1.29 is 4.39 Å². The lowest BCUT2D eigenvalue weighted by atomic mass is 10.2. The quantitative estimate of drug-likeness (QED) is 0.816. The van der Waals surface area contributed by atoms with E-state index in [0.29, 0.717) is 11.6 Å². The summed E-state index contributed by atoms with van der Waals surface area (Å²) in [4.78, 5) is 12.7. The Hall–Kier alpha value is -1.88. The van der Waals surface area contributed by atoms with Crippen molar-refractivity contribution in [1.29, 1.82) is 0 Å². The molecule has 0 spiro atoms. The van der Waals surface area contributed by atoms with Gasteiger partial charge in [0, 0.05) is 44.5 Å². The topological polar surface area (TPSA) is 32.3 Å². The van der Waals surface area contributed by atoms with Crippen LogP contribution in [0, 0.1) is 5.82 Å². The van der Waals surface area contributed by atoms with Crippen LogP contribution in [0.2, 0.25) is 0 Å². The minimum absolute atomic E-state index is 0.211. The second kappa shape index (κ2) is 6.26. The average Bonchev–Trinajstić information content (AvgIpc) is 2.56. The summed E-state index contributed by atoms with van der Waals surface area (Å²) in [5, 5.41) is 0. The van der Waals surface area contributed by atoms with Crippen LogP contribution in [0.3, 0.4) is 0 Å².